The van der Waals surface area contributed by atoms with Crippen LogP contribution in [-0.4, -0.2) is 168 Å². The monoisotopic (exact) mass is 1060 g/mol. The van der Waals surface area contributed by atoms with Crippen molar-refractivity contribution in [1.82, 2.24) is 42.5 Å². The Morgan fingerprint density at radius 1 is 0.493 bits per heavy atom. The molecule has 9 atom stereocenters. The average Bonchev–Trinajstić information content (AvgIpc) is 3.30. The molecule has 0 fully saturated rings. The van der Waals surface area contributed by atoms with Gasteiger partial charge in [0.2, 0.25) is 47.3 Å². The molecule has 404 valence electrons. The Bertz CT molecular complexity index is 1870. The minimum absolute atomic E-state index is 0.0304. The molecule has 71 heavy (non-hydrogen) atoms. The highest BCUT2D eigenvalue weighted by Crippen LogP contribution is 2.11. The largest absolute Gasteiger partial charge is 0.480 e. The number of aliphatic carboxylic acids is 1. The molecule has 0 aliphatic heterocycles. The summed E-state index contributed by atoms with van der Waals surface area (Å²) in [5, 5.41) is 29.4. The van der Waals surface area contributed by atoms with Crippen molar-refractivity contribution >= 4 is 109 Å². The number of carboxylic acids is 1. The van der Waals surface area contributed by atoms with Crippen molar-refractivity contribution < 1.29 is 48.3 Å². The van der Waals surface area contributed by atoms with E-state index >= 15 is 0 Å². The number of nitrogens with one attached hydrogen (secondary N) is 8. The molecule has 0 unspecified atom stereocenters. The number of thiol groups is 3. The SMILES string of the molecule is CC[C@H](C)[C@H](NC(=O)[C@H](CS)NC(=O)[C@@H](N)CCCN=C(N)N)C(=O)N[C@@H](CS)C(=O)N[C@@H](CCCN=C(N)N)C(=O)N[C@@H](CCCN=C(N)N)C(=O)NCC(=O)N[C@H](C(=O)N[C@@H](CS)C(=O)O)C(C)C. The minimum Gasteiger partial charge on any atom is -0.480 e. The second-order valence-electron chi connectivity index (χ2n) is 16.5. The van der Waals surface area contributed by atoms with Gasteiger partial charge in [0.05, 0.1) is 12.6 Å². The number of hydrogen-bond acceptors (Lipinski definition) is 16. The van der Waals surface area contributed by atoms with Crippen molar-refractivity contribution in [3.05, 3.63) is 0 Å². The summed E-state index contributed by atoms with van der Waals surface area (Å²) in [5.74, 6) is -10.0. The lowest BCUT2D eigenvalue weighted by Crippen LogP contribution is -2.61. The summed E-state index contributed by atoms with van der Waals surface area (Å²) < 4.78 is 0. The predicted octanol–water partition coefficient (Wildman–Crippen LogP) is -6.44. The predicted molar refractivity (Wildman–Crippen MR) is 278 cm³/mol. The molecule has 0 aromatic rings. The van der Waals surface area contributed by atoms with E-state index in [-0.39, 0.29) is 86.9 Å². The summed E-state index contributed by atoms with van der Waals surface area (Å²) in [6.07, 6.45) is 1.08. The van der Waals surface area contributed by atoms with Gasteiger partial charge in [0.15, 0.2) is 17.9 Å². The van der Waals surface area contributed by atoms with Gasteiger partial charge in [0, 0.05) is 36.9 Å². The van der Waals surface area contributed by atoms with E-state index in [0.717, 1.165) is 0 Å². The van der Waals surface area contributed by atoms with Crippen LogP contribution >= 0.6 is 37.9 Å². The zero-order valence-electron chi connectivity index (χ0n) is 40.5. The van der Waals surface area contributed by atoms with Crippen LogP contribution in [0, 0.1) is 11.8 Å². The molecule has 28 nitrogen and oxygen atoms in total. The van der Waals surface area contributed by atoms with Crippen molar-refractivity contribution in [3.8, 4) is 0 Å². The molecular weight excluding hydrogens is 989 g/mol. The molecule has 0 aliphatic rings. The molecule has 31 heteroatoms. The van der Waals surface area contributed by atoms with E-state index in [1.807, 2.05) is 0 Å². The molecule has 0 saturated heterocycles. The van der Waals surface area contributed by atoms with Gasteiger partial charge in [-0.2, -0.15) is 37.9 Å². The average molecular weight is 1070 g/mol. The molecule has 0 aliphatic carbocycles. The number of rotatable bonds is 35. The lowest BCUT2D eigenvalue weighted by atomic mass is 9.97. The molecule has 0 rings (SSSR count). The number of guanidine groups is 3. The van der Waals surface area contributed by atoms with Crippen LogP contribution in [0.25, 0.3) is 0 Å². The van der Waals surface area contributed by atoms with E-state index in [2.05, 4.69) is 95.4 Å². The van der Waals surface area contributed by atoms with Crippen LogP contribution in [0.1, 0.15) is 72.6 Å². The van der Waals surface area contributed by atoms with E-state index in [1.165, 1.54) is 0 Å². The maximum atomic E-state index is 14.0. The Morgan fingerprint density at radius 2 is 0.873 bits per heavy atom. The van der Waals surface area contributed by atoms with Crippen molar-refractivity contribution in [2.75, 3.05) is 43.4 Å². The zero-order valence-corrected chi connectivity index (χ0v) is 43.2. The van der Waals surface area contributed by atoms with Crippen molar-refractivity contribution in [2.45, 2.75) is 121 Å². The smallest absolute Gasteiger partial charge is 0.327 e. The summed E-state index contributed by atoms with van der Waals surface area (Å²) in [5.41, 5.74) is 38.5. The highest BCUT2D eigenvalue weighted by atomic mass is 32.1. The second-order valence-corrected chi connectivity index (χ2v) is 17.6. The van der Waals surface area contributed by atoms with Crippen LogP contribution in [0.2, 0.25) is 0 Å². The number of carbonyl (C=O) groups is 9. The Hall–Kier alpha value is -5.95. The minimum atomic E-state index is -1.39. The van der Waals surface area contributed by atoms with E-state index in [0.29, 0.717) is 12.8 Å². The Morgan fingerprint density at radius 3 is 1.30 bits per heavy atom. The molecule has 23 N–H and O–H groups in total. The van der Waals surface area contributed by atoms with Crippen LogP contribution < -0.4 is 82.7 Å². The highest BCUT2D eigenvalue weighted by molar-refractivity contribution is 7.80. The third kappa shape index (κ3) is 26.7. The maximum Gasteiger partial charge on any atom is 0.327 e. The fourth-order valence-corrected chi connectivity index (χ4v) is 6.88. The first-order chi connectivity index (χ1) is 33.3. The van der Waals surface area contributed by atoms with Gasteiger partial charge in [-0.25, -0.2) is 4.79 Å². The fraction of sp³-hybridized carbons (Fsp3) is 0.700. The quantitative estimate of drug-likeness (QED) is 0.0121. The molecule has 8 amide bonds. The lowest BCUT2D eigenvalue weighted by molar-refractivity contribution is -0.141. The molecule has 0 aromatic heterocycles. The van der Waals surface area contributed by atoms with Crippen LogP contribution in [0.3, 0.4) is 0 Å². The van der Waals surface area contributed by atoms with E-state index < -0.39 is 120 Å². The first-order valence-corrected chi connectivity index (χ1v) is 24.6. The molecule has 0 spiro atoms. The van der Waals surface area contributed by atoms with Crippen LogP contribution in [0.4, 0.5) is 0 Å². The number of amides is 8. The van der Waals surface area contributed by atoms with Crippen LogP contribution in [0.5, 0.6) is 0 Å². The fourth-order valence-electron chi connectivity index (χ4n) is 6.12. The van der Waals surface area contributed by atoms with Crippen LogP contribution in [0.15, 0.2) is 15.0 Å². The molecule has 0 saturated carbocycles. The third-order valence-corrected chi connectivity index (χ3v) is 11.5. The zero-order chi connectivity index (χ0) is 54.4. The van der Waals surface area contributed by atoms with E-state index in [1.54, 1.807) is 27.7 Å². The van der Waals surface area contributed by atoms with Gasteiger partial charge in [-0.05, 0) is 50.4 Å². The summed E-state index contributed by atoms with van der Waals surface area (Å²) >= 11 is 12.4. The van der Waals surface area contributed by atoms with E-state index in [4.69, 9.17) is 40.1 Å². The first-order valence-electron chi connectivity index (χ1n) is 22.7. The van der Waals surface area contributed by atoms with E-state index in [9.17, 15) is 48.3 Å². The Balaban J connectivity index is 6.35. The lowest BCUT2D eigenvalue weighted by Gasteiger charge is -2.29. The van der Waals surface area contributed by atoms with Crippen molar-refractivity contribution in [3.63, 3.8) is 0 Å². The number of carboxylic acid groups (broad SMARTS) is 1. The summed E-state index contributed by atoms with van der Waals surface area (Å²) in [7, 11) is 0. The Labute approximate surface area is 429 Å². The number of hydrogen-bond donors (Lipinski definition) is 19. The number of nitrogens with two attached hydrogens (primary N) is 7. The summed E-state index contributed by atoms with van der Waals surface area (Å²) in [6.45, 7) is 6.29. The molecule has 0 bridgehead atoms. The summed E-state index contributed by atoms with van der Waals surface area (Å²) in [4.78, 5) is 131. The second kappa shape index (κ2) is 35.2. The van der Waals surface area contributed by atoms with Gasteiger partial charge in [0.1, 0.15) is 42.3 Å². The van der Waals surface area contributed by atoms with Gasteiger partial charge >= 0.3 is 5.97 Å². The topological polar surface area (TPSA) is 489 Å². The van der Waals surface area contributed by atoms with Crippen molar-refractivity contribution in [1.29, 1.82) is 0 Å². The first kappa shape index (κ1) is 65.0. The van der Waals surface area contributed by atoms with Gasteiger partial charge in [-0.15, -0.1) is 0 Å². The molecule has 0 aromatic carbocycles. The number of nitrogens with zero attached hydrogens (tertiary/aromatic N) is 3. The van der Waals surface area contributed by atoms with Crippen molar-refractivity contribution in [2.24, 2.45) is 66.9 Å². The normalized spacial score (nSPS) is 14.7. The number of aliphatic imine (C=N–C) groups is 3. The molecule has 0 heterocycles. The van der Waals surface area contributed by atoms with Crippen LogP contribution in [-0.2, 0) is 43.2 Å². The standard InChI is InChI=1S/C40H76N18O10S3/c1-5-20(4)29(58-34(64)25(17-70)54-30(60)21(41)9-6-12-48-38(42)43)36(66)55-24(16-69)33(63)53-23(11-8-14-50-40(46)47)32(62)52-22(10-7-13-49-39(44)45)31(61)51-15-27(59)57-28(19(2)3)35(65)56-26(18-71)37(67)68/h19-26,28-29,69-71H,5-18,41H2,1-4H3,(H,51,61)(H,52,62)(H,53,63)(H,54,60)(H,55,66)(H,56,65)(H,57,59)(H,58,64)(H,67,68)(H4,42,43,48)(H4,44,45,49)(H4,46,47,50)/t20-,21-,22-,23-,24-,25-,26-,28-,29-/m0/s1. The molecular formula is C40H76N18O10S3. The Kier molecular flexibility index (Phi) is 32.2. The highest BCUT2D eigenvalue weighted by Gasteiger charge is 2.35. The maximum absolute atomic E-state index is 14.0. The van der Waals surface area contributed by atoms with Gasteiger partial charge in [-0.1, -0.05) is 34.1 Å². The third-order valence-electron chi connectivity index (χ3n) is 10.4. The van der Waals surface area contributed by atoms with Gasteiger partial charge in [0.25, 0.3) is 0 Å². The summed E-state index contributed by atoms with van der Waals surface area (Å²) in [6, 6.07) is -10.1. The van der Waals surface area contributed by atoms with Gasteiger partial charge < -0.3 is 87.8 Å². The van der Waals surface area contributed by atoms with Gasteiger partial charge in [-0.3, -0.25) is 53.3 Å². The molecule has 0 radical (unpaired) electrons. The number of carbonyl (C=O) groups excluding carboxylic acids is 8.